The molecule has 4 heterocycles. The van der Waals surface area contributed by atoms with Gasteiger partial charge in [0.15, 0.2) is 5.69 Å². The highest BCUT2D eigenvalue weighted by molar-refractivity contribution is 5.92. The fraction of sp³-hybridized carbons (Fsp3) is 0.471. The maximum absolute atomic E-state index is 13.6. The number of hydrogen-bond donors (Lipinski definition) is 1. The number of aromatic nitrogens is 6. The first-order valence-corrected chi connectivity index (χ1v) is 9.34. The topological polar surface area (TPSA) is 104 Å². The van der Waals surface area contributed by atoms with Crippen LogP contribution in [0.1, 0.15) is 23.3 Å². The van der Waals surface area contributed by atoms with Crippen LogP contribution in [0.15, 0.2) is 29.3 Å². The number of piperazine rings is 1. The smallest absolute Gasteiger partial charge is 0.276 e. The van der Waals surface area contributed by atoms with E-state index in [1.165, 1.54) is 15.4 Å². The van der Waals surface area contributed by atoms with Crippen molar-refractivity contribution in [3.8, 4) is 5.95 Å². The summed E-state index contributed by atoms with van der Waals surface area (Å²) in [4.78, 5) is 30.7. The lowest BCUT2D eigenvalue weighted by Crippen LogP contribution is -2.60. The van der Waals surface area contributed by atoms with E-state index in [2.05, 4.69) is 20.4 Å². The summed E-state index contributed by atoms with van der Waals surface area (Å²) >= 11 is 0. The molecule has 3 aromatic rings. The maximum Gasteiger partial charge on any atom is 0.276 e. The molecule has 1 saturated carbocycles. The summed E-state index contributed by atoms with van der Waals surface area (Å²) in [6, 6.07) is 2.61. The van der Waals surface area contributed by atoms with Crippen molar-refractivity contribution in [2.45, 2.75) is 24.8 Å². The van der Waals surface area contributed by atoms with Gasteiger partial charge in [0.2, 0.25) is 0 Å². The van der Waals surface area contributed by atoms with Gasteiger partial charge in [-0.25, -0.2) is 13.3 Å². The molecule has 12 heteroatoms. The molecule has 1 N–H and O–H groups in total. The summed E-state index contributed by atoms with van der Waals surface area (Å²) in [5, 5.41) is 12.0. The molecule has 1 amide bonds. The Balaban J connectivity index is 1.29. The van der Waals surface area contributed by atoms with E-state index in [0.29, 0.717) is 38.1 Å². The number of rotatable bonds is 3. The Kier molecular flexibility index (Phi) is 3.98. The van der Waals surface area contributed by atoms with E-state index in [1.807, 2.05) is 0 Å². The van der Waals surface area contributed by atoms with Crippen LogP contribution in [0.25, 0.3) is 11.5 Å². The highest BCUT2D eigenvalue weighted by Crippen LogP contribution is 2.41. The Morgan fingerprint density at radius 2 is 2.03 bits per heavy atom. The molecule has 3 aromatic heterocycles. The lowest BCUT2D eigenvalue weighted by atomic mass is 9.86. The molecule has 2 fully saturated rings. The van der Waals surface area contributed by atoms with Gasteiger partial charge in [-0.15, -0.1) is 10.2 Å². The number of halogens is 2. The highest BCUT2D eigenvalue weighted by Gasteiger charge is 2.51. The van der Waals surface area contributed by atoms with Gasteiger partial charge in [0.1, 0.15) is 5.52 Å². The molecular formula is C17H18F2N8O2. The molecule has 1 atom stereocenters. The number of carbonyl (C=O) groups excluding carboxylic acids is 1. The Hall–Kier alpha value is -3.15. The molecule has 152 valence electrons. The van der Waals surface area contributed by atoms with E-state index >= 15 is 0 Å². The van der Waals surface area contributed by atoms with Crippen LogP contribution in [0.4, 0.5) is 8.78 Å². The monoisotopic (exact) mass is 404 g/mol. The van der Waals surface area contributed by atoms with Gasteiger partial charge in [-0.3, -0.25) is 19.5 Å². The van der Waals surface area contributed by atoms with Crippen LogP contribution in [0.5, 0.6) is 0 Å². The minimum atomic E-state index is -2.63. The highest BCUT2D eigenvalue weighted by atomic mass is 19.3. The molecule has 29 heavy (non-hydrogen) atoms. The van der Waals surface area contributed by atoms with Crippen molar-refractivity contribution in [2.24, 2.45) is 0 Å². The van der Waals surface area contributed by atoms with Gasteiger partial charge in [-0.2, -0.15) is 4.68 Å². The van der Waals surface area contributed by atoms with Crippen LogP contribution < -0.4 is 5.56 Å². The first kappa shape index (κ1) is 17.9. The minimum Gasteiger partial charge on any atom is -0.335 e. The molecule has 0 aromatic carbocycles. The molecule has 1 aliphatic carbocycles. The summed E-state index contributed by atoms with van der Waals surface area (Å²) in [6.45, 7) is 1.50. The zero-order valence-corrected chi connectivity index (χ0v) is 15.3. The fourth-order valence-electron chi connectivity index (χ4n) is 3.84. The van der Waals surface area contributed by atoms with E-state index in [1.54, 1.807) is 28.1 Å². The van der Waals surface area contributed by atoms with Crippen LogP contribution in [0.3, 0.4) is 0 Å². The molecule has 1 aliphatic heterocycles. The largest absolute Gasteiger partial charge is 0.335 e. The predicted octanol–water partition coefficient (Wildman–Crippen LogP) is 0.159. The van der Waals surface area contributed by atoms with Crippen LogP contribution in [0, 0.1) is 0 Å². The van der Waals surface area contributed by atoms with Gasteiger partial charge in [-0.05, 0) is 18.6 Å². The van der Waals surface area contributed by atoms with Gasteiger partial charge in [0.25, 0.3) is 23.3 Å². The number of amides is 1. The van der Waals surface area contributed by atoms with E-state index in [9.17, 15) is 18.4 Å². The Morgan fingerprint density at radius 3 is 2.72 bits per heavy atom. The minimum absolute atomic E-state index is 0.0646. The SMILES string of the molecule is O=C(c1cn(-c2nn3cccc3c(=O)[nH]2)nn1)N1CCN(C2CCC2(F)F)CC1. The van der Waals surface area contributed by atoms with Crippen molar-refractivity contribution in [3.05, 3.63) is 40.6 Å². The van der Waals surface area contributed by atoms with Gasteiger partial charge in [0, 0.05) is 38.8 Å². The predicted molar refractivity (Wildman–Crippen MR) is 96.2 cm³/mol. The van der Waals surface area contributed by atoms with E-state index < -0.39 is 12.0 Å². The third kappa shape index (κ3) is 2.99. The van der Waals surface area contributed by atoms with Crippen molar-refractivity contribution in [3.63, 3.8) is 0 Å². The normalized spacial score (nSPS) is 22.0. The molecule has 0 spiro atoms. The quantitative estimate of drug-likeness (QED) is 0.667. The van der Waals surface area contributed by atoms with E-state index in [0.717, 1.165) is 0 Å². The second-order valence-corrected chi connectivity index (χ2v) is 7.31. The van der Waals surface area contributed by atoms with Crippen LogP contribution in [-0.2, 0) is 0 Å². The summed E-state index contributed by atoms with van der Waals surface area (Å²) in [6.07, 6.45) is 3.45. The zero-order valence-electron chi connectivity index (χ0n) is 15.3. The maximum atomic E-state index is 13.6. The molecule has 1 unspecified atom stereocenters. The van der Waals surface area contributed by atoms with Gasteiger partial charge in [-0.1, -0.05) is 5.21 Å². The second-order valence-electron chi connectivity index (χ2n) is 7.31. The van der Waals surface area contributed by atoms with Crippen LogP contribution in [-0.4, -0.2) is 83.4 Å². The van der Waals surface area contributed by atoms with Gasteiger partial charge >= 0.3 is 0 Å². The van der Waals surface area contributed by atoms with Gasteiger partial charge < -0.3 is 4.90 Å². The summed E-state index contributed by atoms with van der Waals surface area (Å²) < 4.78 is 29.8. The Morgan fingerprint density at radius 1 is 1.24 bits per heavy atom. The van der Waals surface area contributed by atoms with Crippen molar-refractivity contribution in [2.75, 3.05) is 26.2 Å². The molecule has 10 nitrogen and oxygen atoms in total. The molecule has 1 saturated heterocycles. The van der Waals surface area contributed by atoms with Crippen molar-refractivity contribution < 1.29 is 13.6 Å². The average molecular weight is 404 g/mol. The standard InChI is InChI=1S/C17H18F2N8O2/c18-17(19)4-3-13(17)24-6-8-25(9-7-24)15(29)11-10-27(23-21-11)16-20-14(28)12-2-1-5-26(12)22-16/h1-2,5,10,13H,3-4,6-9H2,(H,20,22,28). The average Bonchev–Trinajstić information content (AvgIpc) is 3.37. The molecule has 0 bridgehead atoms. The lowest BCUT2D eigenvalue weighted by Gasteiger charge is -2.47. The number of fused-ring (bicyclic) bond motifs is 1. The molecular weight excluding hydrogens is 386 g/mol. The molecule has 2 aliphatic rings. The first-order chi connectivity index (χ1) is 13.9. The van der Waals surface area contributed by atoms with Gasteiger partial charge in [0.05, 0.1) is 12.2 Å². The van der Waals surface area contributed by atoms with Crippen molar-refractivity contribution in [1.29, 1.82) is 0 Å². The number of aromatic amines is 1. The summed E-state index contributed by atoms with van der Waals surface area (Å²) in [5.74, 6) is -2.83. The third-order valence-electron chi connectivity index (χ3n) is 5.60. The lowest BCUT2D eigenvalue weighted by molar-refractivity contribution is -0.154. The number of carbonyl (C=O) groups is 1. The Labute approximate surface area is 162 Å². The Bertz CT molecular complexity index is 1130. The number of hydrogen-bond acceptors (Lipinski definition) is 6. The first-order valence-electron chi connectivity index (χ1n) is 9.34. The van der Waals surface area contributed by atoms with E-state index in [4.69, 9.17) is 0 Å². The number of H-pyrrole nitrogens is 1. The van der Waals surface area contributed by atoms with E-state index in [-0.39, 0.29) is 29.5 Å². The fourth-order valence-corrected chi connectivity index (χ4v) is 3.84. The van der Waals surface area contributed by atoms with Crippen LogP contribution >= 0.6 is 0 Å². The molecule has 0 radical (unpaired) electrons. The third-order valence-corrected chi connectivity index (χ3v) is 5.60. The summed E-state index contributed by atoms with van der Waals surface area (Å²) in [5.41, 5.74) is 0.148. The van der Waals surface area contributed by atoms with Crippen molar-refractivity contribution in [1.82, 2.24) is 39.4 Å². The number of alkyl halides is 2. The summed E-state index contributed by atoms with van der Waals surface area (Å²) in [7, 11) is 0. The van der Waals surface area contributed by atoms with Crippen molar-refractivity contribution >= 4 is 11.4 Å². The van der Waals surface area contributed by atoms with Crippen LogP contribution in [0.2, 0.25) is 0 Å². The molecule has 5 rings (SSSR count). The number of nitrogens with one attached hydrogen (secondary N) is 1. The number of nitrogens with zero attached hydrogens (tertiary/aromatic N) is 7. The zero-order chi connectivity index (χ0) is 20.2. The second kappa shape index (κ2) is 6.44.